The van der Waals surface area contributed by atoms with Crippen LogP contribution in [0.3, 0.4) is 0 Å². The van der Waals surface area contributed by atoms with Gasteiger partial charge in [0.2, 0.25) is 0 Å². The smallest absolute Gasteiger partial charge is 0.108 e. The minimum atomic E-state index is 0.0639. The van der Waals surface area contributed by atoms with Crippen molar-refractivity contribution in [2.75, 3.05) is 6.54 Å². The van der Waals surface area contributed by atoms with E-state index in [0.717, 1.165) is 17.1 Å². The fourth-order valence-electron chi connectivity index (χ4n) is 0.897. The molecule has 13 heavy (non-hydrogen) atoms. The number of nitriles is 1. The Morgan fingerprint density at radius 2 is 2.54 bits per heavy atom. The van der Waals surface area contributed by atoms with E-state index in [9.17, 15) is 0 Å². The summed E-state index contributed by atoms with van der Waals surface area (Å²) in [7, 11) is 0. The Bertz CT molecular complexity index is 305. The lowest BCUT2D eigenvalue weighted by Gasteiger charge is -1.98. The molecule has 0 radical (unpaired) electrons. The molecule has 1 rings (SSSR count). The molecule has 0 spiro atoms. The molecule has 1 aromatic heterocycles. The van der Waals surface area contributed by atoms with E-state index in [2.05, 4.69) is 27.0 Å². The molecule has 1 heterocycles. The molecular formula is C8H10BrN3S. The molecular weight excluding hydrogens is 250 g/mol. The van der Waals surface area contributed by atoms with Gasteiger partial charge in [0, 0.05) is 11.8 Å². The topological polar surface area (TPSA) is 62.7 Å². The molecule has 0 aliphatic carbocycles. The Hall–Kier alpha value is -0.440. The first-order valence-corrected chi connectivity index (χ1v) is 5.73. The van der Waals surface area contributed by atoms with E-state index in [4.69, 9.17) is 11.0 Å². The number of nitrogens with zero attached hydrogens (tertiary/aromatic N) is 2. The van der Waals surface area contributed by atoms with Crippen LogP contribution in [0.5, 0.6) is 0 Å². The van der Waals surface area contributed by atoms with Crippen LogP contribution in [0.4, 0.5) is 0 Å². The highest BCUT2D eigenvalue weighted by atomic mass is 79.9. The molecule has 0 amide bonds. The molecule has 0 aromatic carbocycles. The zero-order valence-electron chi connectivity index (χ0n) is 7.03. The Kier molecular flexibility index (Phi) is 4.36. The number of aromatic nitrogens is 1. The van der Waals surface area contributed by atoms with Crippen LogP contribution in [0.1, 0.15) is 21.9 Å². The number of thiazole rings is 1. The van der Waals surface area contributed by atoms with Crippen molar-refractivity contribution < 1.29 is 0 Å². The maximum atomic E-state index is 8.49. The molecule has 0 fully saturated rings. The average molecular weight is 260 g/mol. The van der Waals surface area contributed by atoms with E-state index in [1.54, 1.807) is 11.3 Å². The van der Waals surface area contributed by atoms with Crippen LogP contribution in [-0.4, -0.2) is 11.5 Å². The SMILES string of the molecule is N#CCC(Br)c1nc(CCN)cs1. The maximum absolute atomic E-state index is 8.49. The van der Waals surface area contributed by atoms with Crippen LogP contribution >= 0.6 is 27.3 Å². The summed E-state index contributed by atoms with van der Waals surface area (Å²) in [6, 6.07) is 2.10. The minimum Gasteiger partial charge on any atom is -0.330 e. The monoisotopic (exact) mass is 259 g/mol. The summed E-state index contributed by atoms with van der Waals surface area (Å²) in [6.07, 6.45) is 1.26. The third kappa shape index (κ3) is 3.07. The van der Waals surface area contributed by atoms with Gasteiger partial charge in [-0.15, -0.1) is 11.3 Å². The highest BCUT2D eigenvalue weighted by molar-refractivity contribution is 9.09. The molecule has 0 aliphatic heterocycles. The van der Waals surface area contributed by atoms with Gasteiger partial charge in [-0.1, -0.05) is 15.9 Å². The Balaban J connectivity index is 2.63. The molecule has 0 bridgehead atoms. The van der Waals surface area contributed by atoms with Crippen molar-refractivity contribution in [2.45, 2.75) is 17.7 Å². The summed E-state index contributed by atoms with van der Waals surface area (Å²) >= 11 is 4.98. The van der Waals surface area contributed by atoms with Gasteiger partial charge >= 0.3 is 0 Å². The highest BCUT2D eigenvalue weighted by Crippen LogP contribution is 2.28. The summed E-state index contributed by atoms with van der Waals surface area (Å²) in [6.45, 7) is 0.619. The van der Waals surface area contributed by atoms with Gasteiger partial charge in [0.1, 0.15) is 5.01 Å². The molecule has 3 nitrogen and oxygen atoms in total. The number of hydrogen-bond acceptors (Lipinski definition) is 4. The fraction of sp³-hybridized carbons (Fsp3) is 0.500. The lowest BCUT2D eigenvalue weighted by molar-refractivity contribution is 0.902. The van der Waals surface area contributed by atoms with Gasteiger partial charge in [-0.2, -0.15) is 5.26 Å². The molecule has 1 unspecified atom stereocenters. The third-order valence-electron chi connectivity index (χ3n) is 1.51. The van der Waals surface area contributed by atoms with Crippen molar-refractivity contribution in [3.05, 3.63) is 16.1 Å². The van der Waals surface area contributed by atoms with Crippen molar-refractivity contribution in [1.82, 2.24) is 4.98 Å². The van der Waals surface area contributed by atoms with Crippen LogP contribution in [0.25, 0.3) is 0 Å². The van der Waals surface area contributed by atoms with Gasteiger partial charge in [0.25, 0.3) is 0 Å². The minimum absolute atomic E-state index is 0.0639. The summed E-state index contributed by atoms with van der Waals surface area (Å²) in [5.74, 6) is 0. The molecule has 2 N–H and O–H groups in total. The van der Waals surface area contributed by atoms with Crippen LogP contribution in [0.15, 0.2) is 5.38 Å². The van der Waals surface area contributed by atoms with Gasteiger partial charge < -0.3 is 5.73 Å². The Morgan fingerprint density at radius 3 is 3.15 bits per heavy atom. The molecule has 0 saturated carbocycles. The highest BCUT2D eigenvalue weighted by Gasteiger charge is 2.11. The van der Waals surface area contributed by atoms with E-state index in [1.165, 1.54) is 0 Å². The average Bonchev–Trinajstić information content (AvgIpc) is 2.54. The number of rotatable bonds is 4. The van der Waals surface area contributed by atoms with Gasteiger partial charge in [-0.25, -0.2) is 4.98 Å². The van der Waals surface area contributed by atoms with Crippen molar-refractivity contribution >= 4 is 27.3 Å². The molecule has 1 atom stereocenters. The van der Waals surface area contributed by atoms with Gasteiger partial charge in [-0.3, -0.25) is 0 Å². The van der Waals surface area contributed by atoms with E-state index in [0.29, 0.717) is 13.0 Å². The summed E-state index contributed by atoms with van der Waals surface area (Å²) < 4.78 is 0. The number of nitrogens with two attached hydrogens (primary N) is 1. The first-order valence-electron chi connectivity index (χ1n) is 3.93. The molecule has 5 heteroatoms. The molecule has 70 valence electrons. The molecule has 0 aliphatic rings. The number of halogens is 1. The maximum Gasteiger partial charge on any atom is 0.108 e. The first kappa shape index (κ1) is 10.6. The lowest BCUT2D eigenvalue weighted by Crippen LogP contribution is -2.03. The van der Waals surface area contributed by atoms with Gasteiger partial charge in [-0.05, 0) is 6.54 Å². The Morgan fingerprint density at radius 1 is 1.77 bits per heavy atom. The van der Waals surface area contributed by atoms with Crippen molar-refractivity contribution in [2.24, 2.45) is 5.73 Å². The predicted molar refractivity (Wildman–Crippen MR) is 56.8 cm³/mol. The van der Waals surface area contributed by atoms with Gasteiger partial charge in [0.15, 0.2) is 0 Å². The normalized spacial score (nSPS) is 12.4. The quantitative estimate of drug-likeness (QED) is 0.842. The summed E-state index contributed by atoms with van der Waals surface area (Å²) in [4.78, 5) is 4.42. The second-order valence-electron chi connectivity index (χ2n) is 2.55. The lowest BCUT2D eigenvalue weighted by atomic mass is 10.3. The second-order valence-corrected chi connectivity index (χ2v) is 4.54. The van der Waals surface area contributed by atoms with E-state index in [-0.39, 0.29) is 4.83 Å². The van der Waals surface area contributed by atoms with Crippen LogP contribution in [0, 0.1) is 11.3 Å². The largest absolute Gasteiger partial charge is 0.330 e. The van der Waals surface area contributed by atoms with Crippen LogP contribution in [0.2, 0.25) is 0 Å². The van der Waals surface area contributed by atoms with Crippen molar-refractivity contribution in [1.29, 1.82) is 5.26 Å². The van der Waals surface area contributed by atoms with Crippen molar-refractivity contribution in [3.63, 3.8) is 0 Å². The Labute approximate surface area is 89.7 Å². The summed E-state index contributed by atoms with van der Waals surface area (Å²) in [5, 5.41) is 11.4. The zero-order chi connectivity index (χ0) is 9.68. The van der Waals surface area contributed by atoms with Crippen LogP contribution < -0.4 is 5.73 Å². The zero-order valence-corrected chi connectivity index (χ0v) is 9.44. The van der Waals surface area contributed by atoms with E-state index < -0.39 is 0 Å². The first-order chi connectivity index (χ1) is 6.27. The van der Waals surface area contributed by atoms with Crippen molar-refractivity contribution in [3.8, 4) is 6.07 Å². The molecule has 1 aromatic rings. The standard InChI is InChI=1S/C8H10BrN3S/c9-7(2-4-11)8-12-6(1-3-10)5-13-8/h5,7H,1-3,10H2. The second kappa shape index (κ2) is 5.32. The third-order valence-corrected chi connectivity index (χ3v) is 3.58. The van der Waals surface area contributed by atoms with E-state index >= 15 is 0 Å². The number of alkyl halides is 1. The van der Waals surface area contributed by atoms with E-state index in [1.807, 2.05) is 5.38 Å². The predicted octanol–water partition coefficient (Wildman–Crippen LogP) is 1.99. The molecule has 0 saturated heterocycles. The van der Waals surface area contributed by atoms with Crippen LogP contribution in [-0.2, 0) is 6.42 Å². The van der Waals surface area contributed by atoms with Gasteiger partial charge in [0.05, 0.1) is 23.0 Å². The fourth-order valence-corrected chi connectivity index (χ4v) is 2.30. The number of hydrogen-bond donors (Lipinski definition) is 1. The summed E-state index contributed by atoms with van der Waals surface area (Å²) in [5.41, 5.74) is 6.42.